The molecule has 1 aromatic carbocycles. The van der Waals surface area contributed by atoms with Gasteiger partial charge in [-0.3, -0.25) is 0 Å². The van der Waals surface area contributed by atoms with Gasteiger partial charge in [-0.2, -0.15) is 0 Å². The second kappa shape index (κ2) is 25.6. The van der Waals surface area contributed by atoms with E-state index in [1.165, 1.54) is 25.3 Å². The molecule has 0 aromatic heterocycles. The van der Waals surface area contributed by atoms with E-state index in [1.807, 2.05) is 0 Å². The maximum atomic E-state index is 13.4. The molecule has 46 heteroatoms. The molecule has 0 atom stereocenters. The lowest BCUT2D eigenvalue weighted by Gasteiger charge is -2.56. The van der Waals surface area contributed by atoms with E-state index >= 15 is 0 Å². The third kappa shape index (κ3) is 15.0. The maximum absolute atomic E-state index is 13.4. The summed E-state index contributed by atoms with van der Waals surface area (Å²) < 4.78 is 5.97. The Hall–Kier alpha value is 1.02. The second-order valence-corrected chi connectivity index (χ2v) is 16.6. The van der Waals surface area contributed by atoms with Crippen LogP contribution in [-0.2, 0) is 4.74 Å². The van der Waals surface area contributed by atoms with Crippen molar-refractivity contribution in [2.75, 3.05) is 11.5 Å². The number of rotatable bonds is 23. The van der Waals surface area contributed by atoms with Gasteiger partial charge in [0.05, 0.1) is 5.56 Å². The first kappa shape index (κ1) is 56.1. The third-order valence-corrected chi connectivity index (χ3v) is 12.4. The number of carbonyl (C=O) groups is 1. The summed E-state index contributed by atoms with van der Waals surface area (Å²) in [6.45, 7) is -0.866. The summed E-state index contributed by atoms with van der Waals surface area (Å²) in [4.78, 5) is 13.4. The van der Waals surface area contributed by atoms with Gasteiger partial charge in [-0.25, -0.2) is 4.79 Å². The third-order valence-electron chi connectivity index (χ3n) is 12.4. The topological polar surface area (TPSA) is 78.3 Å². The highest BCUT2D eigenvalue weighted by atomic mass is 16.5. The number of hydrogen-bond donors (Lipinski definition) is 2. The number of ether oxygens (including phenoxy) is 1. The van der Waals surface area contributed by atoms with Gasteiger partial charge in [0.1, 0.15) is 6.10 Å². The number of nitrogens with two attached hydrogens (primary N) is 2. The first-order chi connectivity index (χ1) is 27.3. The fraction of sp³-hybridized carbons (Fsp3) is 0.462. The normalized spacial score (nSPS) is 14.1. The molecule has 1 saturated carbocycles. The van der Waals surface area contributed by atoms with Gasteiger partial charge < -0.3 is 16.2 Å². The van der Waals surface area contributed by atoms with Crippen LogP contribution >= 0.6 is 0 Å². The van der Waals surface area contributed by atoms with E-state index in [2.05, 4.69) is 0 Å². The van der Waals surface area contributed by atoms with Crippen LogP contribution in [0.3, 0.4) is 0 Å². The number of carbonyl (C=O) groups excluding carboxylic acids is 1. The molecular formula is C13H17B42N2O2. The first-order valence-corrected chi connectivity index (χ1v) is 19.8. The standard InChI is InChI=1S/C13H17B42N2O2/c14-35-47(37(15)16)54(46(33)34)49(55(52(42(25)26)43(27)28)53(44(29)30)45(31)32)36(48(50(38(17)18)39(19)20)51(40(21)22)41(23)24)9-1-3-12(4-2-9)59-13(58)8-5-10(56)7-11(57)6-8/h5-7,9,12H,1-4,56-57H2. The van der Waals surface area contributed by atoms with E-state index in [9.17, 15) is 4.79 Å². The van der Waals surface area contributed by atoms with E-state index in [0.29, 0.717) is 37.1 Å². The minimum Gasteiger partial charge on any atom is -0.459 e. The van der Waals surface area contributed by atoms with Crippen LogP contribution < -0.4 is 11.5 Å². The molecule has 217 valence electrons. The zero-order chi connectivity index (χ0) is 45.4. The van der Waals surface area contributed by atoms with Crippen LogP contribution in [0, 0.1) is 0 Å². The van der Waals surface area contributed by atoms with Gasteiger partial charge in [0.2, 0.25) is 0 Å². The van der Waals surface area contributed by atoms with Crippen LogP contribution in [-0.4, -0.2) is 309 Å². The molecule has 1 aromatic rings. The average Bonchev–Trinajstić information content (AvgIpc) is 3.07. The zero-order valence-corrected chi connectivity index (χ0v) is 33.9. The summed E-state index contributed by atoms with van der Waals surface area (Å²) in [6.07, 6.45) is -20.9. The van der Waals surface area contributed by atoms with Crippen LogP contribution in [0.5, 0.6) is 0 Å². The van der Waals surface area contributed by atoms with Crippen molar-refractivity contribution in [1.29, 1.82) is 0 Å². The van der Waals surface area contributed by atoms with Crippen molar-refractivity contribution in [3.63, 3.8) is 0 Å². The summed E-state index contributed by atoms with van der Waals surface area (Å²) in [7, 11) is 139. The molecule has 0 spiro atoms. The number of benzene rings is 1. The lowest BCUT2D eigenvalue weighted by atomic mass is 8.29. The van der Waals surface area contributed by atoms with Gasteiger partial charge in [-0.05, 0) is 31.0 Å². The molecule has 4 N–H and O–H groups in total. The Morgan fingerprint density at radius 2 is 0.797 bits per heavy atom. The van der Waals surface area contributed by atoms with E-state index in [0.717, 1.165) is 0 Å². The van der Waals surface area contributed by atoms with Crippen molar-refractivity contribution in [3.8, 4) is 0 Å². The summed E-state index contributed by atoms with van der Waals surface area (Å²) in [5, 5.41) is 0. The van der Waals surface area contributed by atoms with Crippen molar-refractivity contribution < 1.29 is 9.53 Å². The SMILES string of the molecule is [B][B]B(B([B])[B])B(B([B])[B])B(B(B(B([B])[B])B([B])[B])B(B([B])[B])B([B])[B])B(B(B(B([B])[B])B([B])[B])B(B([B])[B])B([B])[B])C1CCC(OC(=O)c2cc(N)cc(N)c2)CC1. The Bertz CT molecular complexity index is 1300. The van der Waals surface area contributed by atoms with Crippen molar-refractivity contribution in [1.82, 2.24) is 0 Å². The van der Waals surface area contributed by atoms with Gasteiger partial charge in [-0.15, -0.1) is 0 Å². The predicted molar refractivity (Wildman–Crippen MR) is 308 cm³/mol. The van der Waals surface area contributed by atoms with Gasteiger partial charge in [0.15, 0.2) is 0 Å². The maximum Gasteiger partial charge on any atom is 0.338 e. The Balaban J connectivity index is 3.19. The molecule has 0 amide bonds. The summed E-state index contributed by atoms with van der Waals surface area (Å²) in [6, 6.07) is 4.46. The van der Waals surface area contributed by atoms with Crippen LogP contribution in [0.2, 0.25) is 5.82 Å². The summed E-state index contributed by atoms with van der Waals surface area (Å²) in [5.41, 5.74) is 12.7. The van der Waals surface area contributed by atoms with Crippen molar-refractivity contribution in [3.05, 3.63) is 23.8 Å². The first-order valence-electron chi connectivity index (χ1n) is 19.8. The van der Waals surface area contributed by atoms with E-state index < -0.39 is 146 Å². The quantitative estimate of drug-likeness (QED) is 0.0682. The highest BCUT2D eigenvalue weighted by Crippen LogP contribution is 2.37. The number of nitrogen functional groups attached to an aromatic ring is 2. The molecule has 4 nitrogen and oxygen atoms in total. The molecule has 1 aliphatic carbocycles. The molecule has 1 fully saturated rings. The van der Waals surface area contributed by atoms with Crippen molar-refractivity contribution in [2.24, 2.45) is 0 Å². The van der Waals surface area contributed by atoms with E-state index in [4.69, 9.17) is 179 Å². The Morgan fingerprint density at radius 3 is 1.10 bits per heavy atom. The highest BCUT2D eigenvalue weighted by molar-refractivity contribution is 8.29. The summed E-state index contributed by atoms with van der Waals surface area (Å²) >= 11 is 0. The largest absolute Gasteiger partial charge is 0.459 e. The highest BCUT2D eigenvalue weighted by Gasteiger charge is 2.59. The van der Waals surface area contributed by atoms with Crippen LogP contribution in [0.1, 0.15) is 36.0 Å². The molecule has 2 rings (SSSR count). The molecule has 0 aliphatic heterocycles. The molecule has 59 heavy (non-hydrogen) atoms. The fourth-order valence-corrected chi connectivity index (χ4v) is 10.2. The van der Waals surface area contributed by atoms with E-state index in [1.54, 1.807) is 0 Å². The van der Waals surface area contributed by atoms with Crippen LogP contribution in [0.15, 0.2) is 18.2 Å². The van der Waals surface area contributed by atoms with Crippen molar-refractivity contribution in [2.45, 2.75) is 37.6 Å². The number of esters is 1. The van der Waals surface area contributed by atoms with Crippen molar-refractivity contribution >= 4 is 315 Å². The van der Waals surface area contributed by atoms with Gasteiger partial charge in [0.25, 0.3) is 0 Å². The van der Waals surface area contributed by atoms with Gasteiger partial charge in [0, 0.05) is 309 Å². The minimum atomic E-state index is -1.27. The lowest BCUT2D eigenvalue weighted by molar-refractivity contribution is 0.0211. The molecular weight excluding hydrogens is 670 g/mol. The molecule has 0 bridgehead atoms. The fourth-order valence-electron chi connectivity index (χ4n) is 10.2. The monoisotopic (exact) mass is 696 g/mol. The lowest BCUT2D eigenvalue weighted by Crippen LogP contribution is -2.91. The van der Waals surface area contributed by atoms with Gasteiger partial charge in [-0.1, -0.05) is 18.7 Å². The Morgan fingerprint density at radius 1 is 0.475 bits per heavy atom. The number of hydrogen-bond acceptors (Lipinski definition) is 4. The predicted octanol–water partition coefficient (Wildman–Crippen LogP) is -13.7. The second-order valence-electron chi connectivity index (χ2n) is 16.6. The molecule has 0 unspecified atom stereocenters. The zero-order valence-electron chi connectivity index (χ0n) is 33.9. The van der Waals surface area contributed by atoms with E-state index in [-0.39, 0.29) is 5.56 Å². The van der Waals surface area contributed by atoms with Crippen LogP contribution in [0.4, 0.5) is 11.4 Å². The van der Waals surface area contributed by atoms with Gasteiger partial charge >= 0.3 is 5.97 Å². The average molecular weight is 687 g/mol. The molecule has 43 radical (unpaired) electrons. The smallest absolute Gasteiger partial charge is 0.338 e. The Kier molecular flexibility index (Phi) is 24.4. The molecule has 0 heterocycles. The number of anilines is 2. The van der Waals surface area contributed by atoms with Crippen LogP contribution in [0.25, 0.3) is 0 Å². The summed E-state index contributed by atoms with van der Waals surface area (Å²) in [5.74, 6) is -1.07. The molecule has 0 saturated heterocycles. The molecule has 1 aliphatic rings. The minimum absolute atomic E-state index is 0.186. The Labute approximate surface area is 394 Å².